The maximum Gasteiger partial charge on any atom is 0.00670 e. The molecule has 0 unspecified atom stereocenters. The molecule has 1 aliphatic rings. The van der Waals surface area contributed by atoms with Gasteiger partial charge in [0.25, 0.3) is 0 Å². The van der Waals surface area contributed by atoms with E-state index in [1.165, 1.54) is 69.0 Å². The molecule has 0 aliphatic heterocycles. The molecule has 2 rings (SSSR count). The smallest absolute Gasteiger partial charge is 0.00670 e. The zero-order valence-electron chi connectivity index (χ0n) is 11.8. The van der Waals surface area contributed by atoms with E-state index in [4.69, 9.17) is 0 Å². The molecule has 1 aromatic carbocycles. The Labute approximate surface area is 112 Å². The SMILES string of the molecule is Cc1cccc(CCCNC2CCCCCC2)c1. The van der Waals surface area contributed by atoms with E-state index >= 15 is 0 Å². The molecule has 1 aromatic rings. The molecule has 0 heterocycles. The molecule has 1 aliphatic carbocycles. The molecule has 0 atom stereocenters. The van der Waals surface area contributed by atoms with Gasteiger partial charge in [0.15, 0.2) is 0 Å². The number of hydrogen-bond donors (Lipinski definition) is 1. The Morgan fingerprint density at radius 2 is 1.89 bits per heavy atom. The molecule has 18 heavy (non-hydrogen) atoms. The Kier molecular flexibility index (Phi) is 5.73. The topological polar surface area (TPSA) is 12.0 Å². The highest BCUT2D eigenvalue weighted by atomic mass is 14.9. The van der Waals surface area contributed by atoms with E-state index in [1.54, 1.807) is 0 Å². The Balaban J connectivity index is 1.63. The van der Waals surface area contributed by atoms with Gasteiger partial charge in [-0.05, 0) is 44.7 Å². The number of nitrogens with one attached hydrogen (secondary N) is 1. The van der Waals surface area contributed by atoms with Gasteiger partial charge in [-0.2, -0.15) is 0 Å². The molecule has 1 N–H and O–H groups in total. The van der Waals surface area contributed by atoms with Gasteiger partial charge in [0, 0.05) is 6.04 Å². The van der Waals surface area contributed by atoms with E-state index in [0.29, 0.717) is 0 Å². The second kappa shape index (κ2) is 7.58. The van der Waals surface area contributed by atoms with Gasteiger partial charge >= 0.3 is 0 Å². The third kappa shape index (κ3) is 4.81. The summed E-state index contributed by atoms with van der Waals surface area (Å²) in [6.07, 6.45) is 11.0. The van der Waals surface area contributed by atoms with Gasteiger partial charge in [0.2, 0.25) is 0 Å². The monoisotopic (exact) mass is 245 g/mol. The highest BCUT2D eigenvalue weighted by molar-refractivity contribution is 5.22. The third-order valence-corrected chi connectivity index (χ3v) is 4.01. The summed E-state index contributed by atoms with van der Waals surface area (Å²) in [7, 11) is 0. The van der Waals surface area contributed by atoms with Crippen LogP contribution >= 0.6 is 0 Å². The maximum atomic E-state index is 3.75. The lowest BCUT2D eigenvalue weighted by molar-refractivity contribution is 0.456. The van der Waals surface area contributed by atoms with E-state index in [0.717, 1.165) is 6.04 Å². The molecule has 0 bridgehead atoms. The number of hydrogen-bond acceptors (Lipinski definition) is 1. The van der Waals surface area contributed by atoms with Crippen LogP contribution in [0.4, 0.5) is 0 Å². The molecule has 1 heteroatoms. The van der Waals surface area contributed by atoms with Gasteiger partial charge in [-0.15, -0.1) is 0 Å². The Morgan fingerprint density at radius 1 is 1.11 bits per heavy atom. The number of aryl methyl sites for hydroxylation is 2. The summed E-state index contributed by atoms with van der Waals surface area (Å²) in [6, 6.07) is 9.70. The lowest BCUT2D eigenvalue weighted by Gasteiger charge is -2.16. The van der Waals surface area contributed by atoms with Crippen LogP contribution in [-0.2, 0) is 6.42 Å². The van der Waals surface area contributed by atoms with Crippen LogP contribution in [0.1, 0.15) is 56.1 Å². The maximum absolute atomic E-state index is 3.75. The standard InChI is InChI=1S/C17H27N/c1-15-8-6-9-16(14-15)10-7-13-18-17-11-4-2-3-5-12-17/h6,8-9,14,17-18H,2-5,7,10-13H2,1H3. The van der Waals surface area contributed by atoms with Gasteiger partial charge < -0.3 is 5.32 Å². The van der Waals surface area contributed by atoms with Crippen LogP contribution in [0, 0.1) is 6.92 Å². The summed E-state index contributed by atoms with van der Waals surface area (Å²) >= 11 is 0. The molecule has 100 valence electrons. The van der Waals surface area contributed by atoms with Crippen molar-refractivity contribution in [3.63, 3.8) is 0 Å². The van der Waals surface area contributed by atoms with E-state index < -0.39 is 0 Å². The first-order chi connectivity index (χ1) is 8.84. The van der Waals surface area contributed by atoms with Crippen LogP contribution in [0.25, 0.3) is 0 Å². The molecule has 1 saturated carbocycles. The minimum absolute atomic E-state index is 0.796. The first kappa shape index (κ1) is 13.6. The summed E-state index contributed by atoms with van der Waals surface area (Å²) in [5, 5.41) is 3.75. The van der Waals surface area contributed by atoms with E-state index in [1.807, 2.05) is 0 Å². The predicted octanol–water partition coefficient (Wildman–Crippen LogP) is 4.24. The molecule has 1 nitrogen and oxygen atoms in total. The number of rotatable bonds is 5. The van der Waals surface area contributed by atoms with Gasteiger partial charge in [-0.1, -0.05) is 55.5 Å². The van der Waals surface area contributed by atoms with Crippen molar-refractivity contribution in [3.05, 3.63) is 35.4 Å². The molecule has 0 spiro atoms. The van der Waals surface area contributed by atoms with Crippen LogP contribution < -0.4 is 5.32 Å². The Morgan fingerprint density at radius 3 is 2.61 bits per heavy atom. The Bertz CT molecular complexity index is 337. The third-order valence-electron chi connectivity index (χ3n) is 4.01. The van der Waals surface area contributed by atoms with Gasteiger partial charge in [0.05, 0.1) is 0 Å². The van der Waals surface area contributed by atoms with Gasteiger partial charge in [-0.25, -0.2) is 0 Å². The minimum Gasteiger partial charge on any atom is -0.314 e. The second-order valence-corrected chi connectivity index (χ2v) is 5.74. The summed E-state index contributed by atoms with van der Waals surface area (Å²) in [5.74, 6) is 0. The van der Waals surface area contributed by atoms with Crippen molar-refractivity contribution in [1.82, 2.24) is 5.32 Å². The molecule has 0 amide bonds. The first-order valence-electron chi connectivity index (χ1n) is 7.63. The number of benzene rings is 1. The van der Waals surface area contributed by atoms with Crippen molar-refractivity contribution in [3.8, 4) is 0 Å². The molecule has 0 radical (unpaired) electrons. The summed E-state index contributed by atoms with van der Waals surface area (Å²) in [4.78, 5) is 0. The average Bonchev–Trinajstić information content (AvgIpc) is 2.63. The zero-order valence-corrected chi connectivity index (χ0v) is 11.8. The highest BCUT2D eigenvalue weighted by Crippen LogP contribution is 2.17. The van der Waals surface area contributed by atoms with Crippen LogP contribution in [-0.4, -0.2) is 12.6 Å². The minimum atomic E-state index is 0.796. The molecule has 1 fully saturated rings. The van der Waals surface area contributed by atoms with E-state index in [2.05, 4.69) is 36.5 Å². The lowest BCUT2D eigenvalue weighted by Crippen LogP contribution is -2.29. The normalized spacial score (nSPS) is 17.6. The second-order valence-electron chi connectivity index (χ2n) is 5.74. The fraction of sp³-hybridized carbons (Fsp3) is 0.647. The van der Waals surface area contributed by atoms with Crippen molar-refractivity contribution in [2.24, 2.45) is 0 Å². The molecular formula is C17H27N. The predicted molar refractivity (Wildman–Crippen MR) is 79.0 cm³/mol. The van der Waals surface area contributed by atoms with Crippen molar-refractivity contribution >= 4 is 0 Å². The van der Waals surface area contributed by atoms with Crippen molar-refractivity contribution in [2.45, 2.75) is 64.3 Å². The fourth-order valence-corrected chi connectivity index (χ4v) is 2.95. The Hall–Kier alpha value is -0.820. The summed E-state index contributed by atoms with van der Waals surface area (Å²) in [5.41, 5.74) is 2.86. The largest absolute Gasteiger partial charge is 0.314 e. The first-order valence-corrected chi connectivity index (χ1v) is 7.63. The van der Waals surface area contributed by atoms with Crippen molar-refractivity contribution in [2.75, 3.05) is 6.54 Å². The quantitative estimate of drug-likeness (QED) is 0.604. The molecule has 0 aromatic heterocycles. The van der Waals surface area contributed by atoms with Crippen LogP contribution in [0.2, 0.25) is 0 Å². The average molecular weight is 245 g/mol. The van der Waals surface area contributed by atoms with Crippen molar-refractivity contribution in [1.29, 1.82) is 0 Å². The van der Waals surface area contributed by atoms with Crippen LogP contribution in [0.15, 0.2) is 24.3 Å². The van der Waals surface area contributed by atoms with E-state index in [9.17, 15) is 0 Å². The van der Waals surface area contributed by atoms with Crippen LogP contribution in [0.5, 0.6) is 0 Å². The van der Waals surface area contributed by atoms with Crippen molar-refractivity contribution < 1.29 is 0 Å². The molecule has 0 saturated heterocycles. The van der Waals surface area contributed by atoms with E-state index in [-0.39, 0.29) is 0 Å². The molecular weight excluding hydrogens is 218 g/mol. The summed E-state index contributed by atoms with van der Waals surface area (Å²) < 4.78 is 0. The van der Waals surface area contributed by atoms with Gasteiger partial charge in [0.1, 0.15) is 0 Å². The zero-order chi connectivity index (χ0) is 12.6. The van der Waals surface area contributed by atoms with Crippen LogP contribution in [0.3, 0.4) is 0 Å². The summed E-state index contributed by atoms with van der Waals surface area (Å²) in [6.45, 7) is 3.35. The fourth-order valence-electron chi connectivity index (χ4n) is 2.95. The highest BCUT2D eigenvalue weighted by Gasteiger charge is 2.10. The van der Waals surface area contributed by atoms with Gasteiger partial charge in [-0.3, -0.25) is 0 Å². The lowest BCUT2D eigenvalue weighted by atomic mass is 10.1.